The fraction of sp³-hybridized carbons (Fsp3) is 0.0476. The Balaban J connectivity index is 1.23. The average molecular weight is 619 g/mol. The predicted molar refractivity (Wildman–Crippen MR) is 198 cm³/mol. The van der Waals surface area contributed by atoms with E-state index in [-0.39, 0.29) is 0 Å². The Morgan fingerprint density at radius 3 is 1.49 bits per heavy atom. The third kappa shape index (κ3) is 3.63. The Hall–Kier alpha value is -5.78. The average Bonchev–Trinajstić information content (AvgIpc) is 3.72. The molecular formula is C42H30N4Si. The van der Waals surface area contributed by atoms with Gasteiger partial charge in [0.25, 0.3) is 0 Å². The van der Waals surface area contributed by atoms with Gasteiger partial charge in [0, 0.05) is 43.7 Å². The van der Waals surface area contributed by atoms with E-state index in [4.69, 9.17) is 9.97 Å². The Morgan fingerprint density at radius 1 is 0.468 bits per heavy atom. The smallest absolute Gasteiger partial charge is 0.161 e. The number of fused-ring (bicyclic) bond motifs is 9. The van der Waals surface area contributed by atoms with E-state index in [1.807, 2.05) is 0 Å². The van der Waals surface area contributed by atoms with Crippen LogP contribution in [-0.2, 0) is 0 Å². The summed E-state index contributed by atoms with van der Waals surface area (Å²) in [5.74, 6) is 1.72. The van der Waals surface area contributed by atoms with Crippen LogP contribution in [0.4, 0.5) is 0 Å². The van der Waals surface area contributed by atoms with Gasteiger partial charge in [0.05, 0.1) is 22.1 Å². The molecule has 0 saturated heterocycles. The summed E-state index contributed by atoms with van der Waals surface area (Å²) in [6.07, 6.45) is 0. The fourth-order valence-corrected chi connectivity index (χ4v) is 10.8. The largest absolute Gasteiger partial charge is 0.309 e. The number of benzene rings is 6. The Kier molecular flexibility index (Phi) is 5.41. The molecule has 6 aromatic carbocycles. The monoisotopic (exact) mass is 618 g/mol. The van der Waals surface area contributed by atoms with Crippen LogP contribution >= 0.6 is 0 Å². The van der Waals surface area contributed by atoms with Gasteiger partial charge in [0.1, 0.15) is 13.9 Å². The number of hydrogen-bond acceptors (Lipinski definition) is 2. The summed E-state index contributed by atoms with van der Waals surface area (Å²) in [4.78, 5) is 10.9. The molecule has 0 bridgehead atoms. The quantitative estimate of drug-likeness (QED) is 0.185. The molecule has 0 saturated carbocycles. The molecule has 4 nitrogen and oxygen atoms in total. The van der Waals surface area contributed by atoms with Crippen LogP contribution < -0.4 is 10.5 Å². The summed E-state index contributed by atoms with van der Waals surface area (Å²) in [7, 11) is -2.11. The Labute approximate surface area is 273 Å². The first-order valence-electron chi connectivity index (χ1n) is 16.2. The van der Waals surface area contributed by atoms with Crippen molar-refractivity contribution in [3.8, 4) is 34.0 Å². The number of nitrogens with zero attached hydrogens (tertiary/aromatic N) is 4. The lowest BCUT2D eigenvalue weighted by molar-refractivity contribution is 1.06. The van der Waals surface area contributed by atoms with Crippen molar-refractivity contribution in [2.24, 2.45) is 0 Å². The van der Waals surface area contributed by atoms with E-state index < -0.39 is 8.07 Å². The van der Waals surface area contributed by atoms with Crippen molar-refractivity contribution in [1.82, 2.24) is 19.1 Å². The minimum atomic E-state index is -2.11. The molecule has 0 spiro atoms. The molecule has 0 atom stereocenters. The summed E-state index contributed by atoms with van der Waals surface area (Å²) >= 11 is 0. The predicted octanol–water partition coefficient (Wildman–Crippen LogP) is 9.14. The van der Waals surface area contributed by atoms with Gasteiger partial charge in [-0.2, -0.15) is 0 Å². The molecule has 0 radical (unpaired) electrons. The molecule has 3 aromatic heterocycles. The second kappa shape index (κ2) is 9.61. The number of rotatable bonds is 3. The van der Waals surface area contributed by atoms with Gasteiger partial charge in [-0.3, -0.25) is 4.57 Å². The van der Waals surface area contributed by atoms with Gasteiger partial charge in [0.2, 0.25) is 0 Å². The number of aromatic nitrogens is 4. The van der Waals surface area contributed by atoms with E-state index >= 15 is 0 Å². The minimum absolute atomic E-state index is 0.766. The van der Waals surface area contributed by atoms with E-state index in [9.17, 15) is 0 Å². The van der Waals surface area contributed by atoms with Gasteiger partial charge in [-0.1, -0.05) is 110 Å². The van der Waals surface area contributed by atoms with Crippen molar-refractivity contribution in [3.05, 3.63) is 146 Å². The second-order valence-electron chi connectivity index (χ2n) is 13.1. The van der Waals surface area contributed by atoms with Gasteiger partial charge in [-0.25, -0.2) is 9.97 Å². The maximum Gasteiger partial charge on any atom is 0.161 e. The summed E-state index contributed by atoms with van der Waals surface area (Å²) in [6, 6.07) is 52.3. The van der Waals surface area contributed by atoms with Gasteiger partial charge < -0.3 is 4.57 Å². The summed E-state index contributed by atoms with van der Waals surface area (Å²) in [5, 5.41) is 7.61. The number of hydrogen-bond donors (Lipinski definition) is 0. The van der Waals surface area contributed by atoms with Gasteiger partial charge in [-0.15, -0.1) is 0 Å². The molecular weight excluding hydrogens is 589 g/mol. The van der Waals surface area contributed by atoms with Crippen molar-refractivity contribution < 1.29 is 0 Å². The lowest BCUT2D eigenvalue weighted by Crippen LogP contribution is -2.51. The molecule has 0 fully saturated rings. The summed E-state index contributed by atoms with van der Waals surface area (Å²) in [6.45, 7) is 4.85. The molecule has 47 heavy (non-hydrogen) atoms. The van der Waals surface area contributed by atoms with Crippen LogP contribution in [0.2, 0.25) is 13.1 Å². The Morgan fingerprint density at radius 2 is 0.936 bits per heavy atom. The zero-order valence-electron chi connectivity index (χ0n) is 26.1. The van der Waals surface area contributed by atoms with Crippen LogP contribution in [0, 0.1) is 0 Å². The van der Waals surface area contributed by atoms with E-state index in [1.165, 1.54) is 54.2 Å². The third-order valence-corrected chi connectivity index (χ3v) is 13.4. The lowest BCUT2D eigenvalue weighted by Gasteiger charge is -2.19. The van der Waals surface area contributed by atoms with Crippen LogP contribution in [0.15, 0.2) is 146 Å². The van der Waals surface area contributed by atoms with Crippen molar-refractivity contribution in [2.75, 3.05) is 0 Å². The van der Waals surface area contributed by atoms with Crippen LogP contribution in [-0.4, -0.2) is 27.2 Å². The molecule has 0 unspecified atom stereocenters. The molecule has 1 aliphatic heterocycles. The highest BCUT2D eigenvalue weighted by Crippen LogP contribution is 2.38. The molecule has 4 heterocycles. The molecule has 5 heteroatoms. The van der Waals surface area contributed by atoms with Crippen molar-refractivity contribution in [1.29, 1.82) is 0 Å². The fourth-order valence-electron chi connectivity index (χ4n) is 7.92. The molecule has 0 aliphatic carbocycles. The second-order valence-corrected chi connectivity index (χ2v) is 17.3. The van der Waals surface area contributed by atoms with E-state index in [2.05, 4.69) is 168 Å². The highest BCUT2D eigenvalue weighted by Gasteiger charge is 2.42. The molecule has 1 aliphatic rings. The van der Waals surface area contributed by atoms with E-state index in [0.29, 0.717) is 0 Å². The zero-order valence-corrected chi connectivity index (χ0v) is 27.1. The zero-order chi connectivity index (χ0) is 31.3. The summed E-state index contributed by atoms with van der Waals surface area (Å²) in [5.41, 5.74) is 9.30. The number of para-hydroxylation sites is 4. The first-order valence-corrected chi connectivity index (χ1v) is 19.2. The molecule has 222 valence electrons. The molecule has 0 N–H and O–H groups in total. The minimum Gasteiger partial charge on any atom is -0.309 e. The first kappa shape index (κ1) is 26.4. The molecule has 10 rings (SSSR count). The third-order valence-electron chi connectivity index (χ3n) is 10.1. The normalized spacial score (nSPS) is 13.5. The van der Waals surface area contributed by atoms with E-state index in [1.54, 1.807) is 0 Å². The molecule has 0 amide bonds. The van der Waals surface area contributed by atoms with Gasteiger partial charge >= 0.3 is 0 Å². The van der Waals surface area contributed by atoms with Crippen LogP contribution in [0.5, 0.6) is 0 Å². The maximum absolute atomic E-state index is 5.48. The van der Waals surface area contributed by atoms with Crippen molar-refractivity contribution in [3.63, 3.8) is 0 Å². The highest BCUT2D eigenvalue weighted by molar-refractivity contribution is 7.03. The van der Waals surface area contributed by atoms with Gasteiger partial charge in [0.15, 0.2) is 5.82 Å². The van der Waals surface area contributed by atoms with Crippen LogP contribution in [0.25, 0.3) is 77.6 Å². The van der Waals surface area contributed by atoms with Crippen molar-refractivity contribution in [2.45, 2.75) is 13.1 Å². The maximum atomic E-state index is 5.48. The SMILES string of the molecule is C[Si]1(C)c2ccccc2-c2c(-n3c4ccccc4c4ccccc43)nc(-c3ccc(-n4c5ccccc5c5ccccc54)cc3)nc21. The summed E-state index contributed by atoms with van der Waals surface area (Å²) < 4.78 is 4.72. The lowest BCUT2D eigenvalue weighted by atomic mass is 10.1. The first-order chi connectivity index (χ1) is 23.1. The Bertz CT molecular complexity index is 2610. The van der Waals surface area contributed by atoms with Crippen LogP contribution in [0.3, 0.4) is 0 Å². The van der Waals surface area contributed by atoms with Gasteiger partial charge in [-0.05, 0) is 59.3 Å². The highest BCUT2D eigenvalue weighted by atomic mass is 28.3. The van der Waals surface area contributed by atoms with E-state index in [0.717, 1.165) is 33.9 Å². The van der Waals surface area contributed by atoms with Crippen molar-refractivity contribution >= 4 is 62.2 Å². The standard InChI is InChI=1S/C42H30N4Si/c1-47(2)38-22-12-7-17-33(38)39-41(46-36-20-10-5-15-31(36)32-16-6-11-21-37(32)46)43-40(44-42(39)47)27-23-25-28(26-24-27)45-34-18-8-3-13-29(34)30-14-4-9-19-35(30)45/h3-26H,1-2H3. The topological polar surface area (TPSA) is 35.6 Å². The van der Waals surface area contributed by atoms with Crippen LogP contribution in [0.1, 0.15) is 0 Å². The molecule has 9 aromatic rings.